The first-order valence-corrected chi connectivity index (χ1v) is 14.8. The second kappa shape index (κ2) is 11.0. The van der Waals surface area contributed by atoms with E-state index in [1.165, 1.54) is 0 Å². The third-order valence-corrected chi connectivity index (χ3v) is 8.06. The van der Waals surface area contributed by atoms with Gasteiger partial charge in [-0.3, -0.25) is 0 Å². The van der Waals surface area contributed by atoms with Crippen molar-refractivity contribution in [2.75, 3.05) is 0 Å². The Labute approximate surface area is 310 Å². The summed E-state index contributed by atoms with van der Waals surface area (Å²) >= 11 is 0. The van der Waals surface area contributed by atoms with Crippen molar-refractivity contribution in [3.05, 3.63) is 163 Å². The number of benzene rings is 8. The van der Waals surface area contributed by atoms with E-state index in [1.807, 2.05) is 12.1 Å². The Balaban J connectivity index is 1.39. The molecule has 0 saturated carbocycles. The fraction of sp³-hybridized carbons (Fsp3) is 0. The second-order valence-corrected chi connectivity index (χ2v) is 10.8. The Bertz CT molecular complexity index is 4000. The van der Waals surface area contributed by atoms with Gasteiger partial charge >= 0.3 is 0 Å². The molecule has 8 aromatic carbocycles. The van der Waals surface area contributed by atoms with E-state index in [2.05, 4.69) is 15.0 Å². The van der Waals surface area contributed by atoms with Crippen LogP contribution in [0.15, 0.2) is 168 Å². The highest BCUT2D eigenvalue weighted by atomic mass is 16.3. The molecule has 10 rings (SSSR count). The van der Waals surface area contributed by atoms with Crippen molar-refractivity contribution in [2.24, 2.45) is 0 Å². The molecule has 2 heterocycles. The number of furan rings is 1. The summed E-state index contributed by atoms with van der Waals surface area (Å²) in [6, 6.07) is -2.64. The summed E-state index contributed by atoms with van der Waals surface area (Å²) in [6.45, 7) is 0. The topological polar surface area (TPSA) is 51.8 Å². The maximum absolute atomic E-state index is 9.81. The number of aromatic nitrogens is 3. The standard InChI is InChI=1S/C45H27N3O/c1-2-14-30(15-3-1)43-46-44(48-45(47-43)37-23-11-17-29-13-5-7-19-33(29)37)31-24-25-40-39(26-31)42-36-21-9-8-20-35(36)38(27-41(42)49-40)34-22-10-16-28-12-4-6-18-32(28)34/h1-27H/i1D,2D,3D,4D,6D,8D,9D,10D,12D,14D,15D,16D,18D,20D,21D,22D,24D,25D,26D,27D. The largest absolute Gasteiger partial charge is 0.456 e. The zero-order chi connectivity index (χ0) is 49.7. The van der Waals surface area contributed by atoms with Crippen LogP contribution in [0.4, 0.5) is 0 Å². The first kappa shape index (κ1) is 14.2. The summed E-state index contributed by atoms with van der Waals surface area (Å²) in [6.07, 6.45) is 0. The molecule has 0 unspecified atom stereocenters. The SMILES string of the molecule is [2H]c1c([2H])c([2H])c(-c2nc(-c3c([2H])c([2H])c4oc5c([2H])c(-c6c([2H])c([2H])c([2H])c7c([2H])c([2H])c([2H])c([2H])c67)c6c([2H])c([2H])c([2H])c([2H])c6c5c4c3[2H])nc(-c3cccc4ccccc34)n2)c([2H])c1[2H]. The molecule has 49 heavy (non-hydrogen) atoms. The molecule has 0 aliphatic heterocycles. The lowest BCUT2D eigenvalue weighted by Gasteiger charge is -2.11. The minimum absolute atomic E-state index is 0.123. The first-order valence-electron chi connectivity index (χ1n) is 24.8. The maximum Gasteiger partial charge on any atom is 0.164 e. The third-order valence-electron chi connectivity index (χ3n) is 8.06. The van der Waals surface area contributed by atoms with Gasteiger partial charge in [0.1, 0.15) is 11.2 Å². The molecule has 10 aromatic rings. The second-order valence-electron chi connectivity index (χ2n) is 10.8. The van der Waals surface area contributed by atoms with Crippen molar-refractivity contribution in [2.45, 2.75) is 0 Å². The lowest BCUT2D eigenvalue weighted by atomic mass is 9.92. The molecule has 0 saturated heterocycles. The molecule has 4 nitrogen and oxygen atoms in total. The fourth-order valence-corrected chi connectivity index (χ4v) is 5.91. The molecule has 0 atom stereocenters. The Morgan fingerprint density at radius 2 is 1.12 bits per heavy atom. The van der Waals surface area contributed by atoms with Crippen molar-refractivity contribution >= 4 is 54.3 Å². The molecule has 228 valence electrons. The van der Waals surface area contributed by atoms with Gasteiger partial charge in [0.05, 0.1) is 27.4 Å². The van der Waals surface area contributed by atoms with Crippen LogP contribution in [-0.2, 0) is 0 Å². The molecule has 4 heteroatoms. The van der Waals surface area contributed by atoms with Crippen LogP contribution in [0.1, 0.15) is 27.4 Å². The summed E-state index contributed by atoms with van der Waals surface area (Å²) in [7, 11) is 0. The molecule has 0 amide bonds. The van der Waals surface area contributed by atoms with Gasteiger partial charge in [-0.15, -0.1) is 0 Å². The Kier molecular flexibility index (Phi) is 3.18. The predicted molar refractivity (Wildman–Crippen MR) is 201 cm³/mol. The Morgan fingerprint density at radius 3 is 2.02 bits per heavy atom. The Morgan fingerprint density at radius 1 is 0.408 bits per heavy atom. The number of hydrogen-bond donors (Lipinski definition) is 0. The summed E-state index contributed by atoms with van der Waals surface area (Å²) in [4.78, 5) is 13.8. The van der Waals surface area contributed by atoms with Gasteiger partial charge in [0.15, 0.2) is 17.5 Å². The summed E-state index contributed by atoms with van der Waals surface area (Å²) in [5, 5.41) is -1.26. The normalized spacial score (nSPS) is 17.4. The van der Waals surface area contributed by atoms with Crippen molar-refractivity contribution in [1.82, 2.24) is 15.0 Å². The van der Waals surface area contributed by atoms with Crippen molar-refractivity contribution in [3.63, 3.8) is 0 Å². The van der Waals surface area contributed by atoms with Crippen molar-refractivity contribution in [3.8, 4) is 45.3 Å². The lowest BCUT2D eigenvalue weighted by Crippen LogP contribution is -2.00. The van der Waals surface area contributed by atoms with E-state index in [9.17, 15) is 8.22 Å². The third kappa shape index (κ3) is 4.49. The van der Waals surface area contributed by atoms with Crippen LogP contribution in [0.25, 0.3) is 99.5 Å². The highest BCUT2D eigenvalue weighted by molar-refractivity contribution is 6.23. The van der Waals surface area contributed by atoms with E-state index in [-0.39, 0.29) is 16.6 Å². The number of hydrogen-bond acceptors (Lipinski definition) is 4. The zero-order valence-corrected chi connectivity index (χ0v) is 24.8. The van der Waals surface area contributed by atoms with Crippen molar-refractivity contribution < 1.29 is 31.8 Å². The molecule has 0 aliphatic carbocycles. The van der Waals surface area contributed by atoms with E-state index >= 15 is 0 Å². The smallest absolute Gasteiger partial charge is 0.164 e. The van der Waals surface area contributed by atoms with Gasteiger partial charge in [-0.1, -0.05) is 139 Å². The molecule has 0 aliphatic rings. The average Bonchev–Trinajstić information content (AvgIpc) is 3.75. The zero-order valence-electron chi connectivity index (χ0n) is 44.8. The molecule has 0 fully saturated rings. The van der Waals surface area contributed by atoms with Gasteiger partial charge in [0.25, 0.3) is 0 Å². The van der Waals surface area contributed by atoms with E-state index in [0.717, 1.165) is 5.39 Å². The van der Waals surface area contributed by atoms with Gasteiger partial charge in [-0.05, 0) is 67.6 Å². The molecular weight excluding hydrogens is 599 g/mol. The van der Waals surface area contributed by atoms with Gasteiger partial charge < -0.3 is 4.42 Å². The van der Waals surface area contributed by atoms with Crippen LogP contribution in [0.5, 0.6) is 0 Å². The fourth-order valence-electron chi connectivity index (χ4n) is 5.91. The predicted octanol–water partition coefficient (Wildman–Crippen LogP) is 11.9. The summed E-state index contributed by atoms with van der Waals surface area (Å²) in [5.41, 5.74) is -2.71. The van der Waals surface area contributed by atoms with Crippen LogP contribution in [0.2, 0.25) is 0 Å². The molecule has 2 aromatic heterocycles. The Hall–Kier alpha value is -6.65. The molecule has 0 N–H and O–H groups in total. The van der Waals surface area contributed by atoms with Crippen LogP contribution >= 0.6 is 0 Å². The highest BCUT2D eigenvalue weighted by Gasteiger charge is 2.19. The lowest BCUT2D eigenvalue weighted by molar-refractivity contribution is 0.669. The van der Waals surface area contributed by atoms with E-state index in [1.54, 1.807) is 30.3 Å². The van der Waals surface area contributed by atoms with Crippen LogP contribution in [0, 0.1) is 0 Å². The minimum atomic E-state index is -0.825. The molecular formula is C45H27N3O. The number of nitrogens with zero attached hydrogens (tertiary/aromatic N) is 3. The van der Waals surface area contributed by atoms with Gasteiger partial charge in [0, 0.05) is 27.5 Å². The summed E-state index contributed by atoms with van der Waals surface area (Å²) < 4.78 is 184. The van der Waals surface area contributed by atoms with Crippen molar-refractivity contribution in [1.29, 1.82) is 0 Å². The monoisotopic (exact) mass is 645 g/mol. The van der Waals surface area contributed by atoms with E-state index in [0.29, 0.717) is 10.9 Å². The molecule has 0 radical (unpaired) electrons. The van der Waals surface area contributed by atoms with E-state index in [4.69, 9.17) is 23.6 Å². The van der Waals surface area contributed by atoms with Crippen LogP contribution in [-0.4, -0.2) is 15.0 Å². The first-order chi connectivity index (χ1) is 32.6. The quantitative estimate of drug-likeness (QED) is 0.191. The average molecular weight is 646 g/mol. The number of fused-ring (bicyclic) bond motifs is 7. The molecule has 0 spiro atoms. The van der Waals surface area contributed by atoms with E-state index < -0.39 is 187 Å². The van der Waals surface area contributed by atoms with Gasteiger partial charge in [-0.25, -0.2) is 15.0 Å². The van der Waals surface area contributed by atoms with Crippen LogP contribution in [0.3, 0.4) is 0 Å². The van der Waals surface area contributed by atoms with Crippen LogP contribution < -0.4 is 0 Å². The maximum atomic E-state index is 9.81. The minimum Gasteiger partial charge on any atom is -0.456 e. The van der Waals surface area contributed by atoms with Gasteiger partial charge in [0.2, 0.25) is 0 Å². The molecule has 0 bridgehead atoms. The summed E-state index contributed by atoms with van der Waals surface area (Å²) in [5.74, 6) is -1.06. The number of rotatable bonds is 4. The van der Waals surface area contributed by atoms with Gasteiger partial charge in [-0.2, -0.15) is 0 Å². The highest BCUT2D eigenvalue weighted by Crippen LogP contribution is 2.42.